The molecule has 0 bridgehead atoms. The number of amides is 7. The second-order valence-corrected chi connectivity index (χ2v) is 14.4. The fourth-order valence-electron chi connectivity index (χ4n) is 5.21. The van der Waals surface area contributed by atoms with Gasteiger partial charge in [0, 0.05) is 6.42 Å². The number of hydrogen-bond donors (Lipinski definition) is 14. The zero-order chi connectivity index (χ0) is 47.3. The average molecular weight is 877 g/mol. The third-order valence-electron chi connectivity index (χ3n) is 8.72. The Balaban J connectivity index is 6.23. The third kappa shape index (κ3) is 20.9. The van der Waals surface area contributed by atoms with Crippen LogP contribution in [-0.2, 0) is 57.5 Å². The molecule has 0 rings (SSSR count). The van der Waals surface area contributed by atoms with Gasteiger partial charge in [0.15, 0.2) is 0 Å². The normalized spacial score (nSPS) is 15.3. The van der Waals surface area contributed by atoms with E-state index in [2.05, 4.69) is 26.6 Å². The largest absolute Gasteiger partial charge is 0.481 e. The first-order valence-electron chi connectivity index (χ1n) is 18.8. The quantitative estimate of drug-likeness (QED) is 0.0335. The van der Waals surface area contributed by atoms with Crippen LogP contribution in [-0.4, -0.2) is 157 Å². The lowest BCUT2D eigenvalue weighted by atomic mass is 9.97. The fraction of sp³-hybridized carbons (Fsp3) is 0.657. The number of rotatable bonds is 29. The van der Waals surface area contributed by atoms with Gasteiger partial charge in [0.1, 0.15) is 42.3 Å². The number of carbonyl (C=O) groups excluding carboxylic acids is 7. The molecule has 344 valence electrons. The Morgan fingerprint density at radius 1 is 0.492 bits per heavy atom. The lowest BCUT2D eigenvalue weighted by molar-refractivity contribution is -0.144. The van der Waals surface area contributed by atoms with Gasteiger partial charge in [-0.3, -0.25) is 52.7 Å². The van der Waals surface area contributed by atoms with Crippen LogP contribution in [0.25, 0.3) is 0 Å². The predicted molar refractivity (Wildman–Crippen MR) is 204 cm³/mol. The van der Waals surface area contributed by atoms with Crippen molar-refractivity contribution in [2.45, 2.75) is 128 Å². The van der Waals surface area contributed by atoms with Gasteiger partial charge in [-0.05, 0) is 31.6 Å². The van der Waals surface area contributed by atoms with E-state index >= 15 is 0 Å². The van der Waals surface area contributed by atoms with Gasteiger partial charge >= 0.3 is 29.8 Å². The Morgan fingerprint density at radius 3 is 1.26 bits per heavy atom. The molecule has 0 aromatic rings. The highest BCUT2D eigenvalue weighted by molar-refractivity contribution is 5.99. The molecule has 0 saturated heterocycles. The van der Waals surface area contributed by atoms with E-state index in [0.717, 1.165) is 6.92 Å². The standard InChI is InChI=1S/C35H56N8O18/c1-6-15(4)27(34(59)41-21(12-26(51)52)33(58)42-22(13-44)35(60)61)43-28(53)16(5)37-31(56)19(10-24(47)48)40-32(57)20(11-25(49)50)39-30(55)18(7-8-23(45)46)38-29(54)17(36)9-14(2)3/h14-22,27,44H,6-13,36H2,1-5H3,(H,37,56)(H,38,54)(H,39,55)(H,40,57)(H,41,59)(H,42,58)(H,43,53)(H,45,46)(H,47,48)(H,49,50)(H,51,52)(H,60,61)/t15-,16-,17-,18-,19-,20-,21-,22-,27-/m0/s1. The smallest absolute Gasteiger partial charge is 0.328 e. The maximum absolute atomic E-state index is 13.3. The molecule has 0 aliphatic heterocycles. The van der Waals surface area contributed by atoms with Crippen molar-refractivity contribution in [3.63, 3.8) is 0 Å². The fourth-order valence-corrected chi connectivity index (χ4v) is 5.21. The summed E-state index contributed by atoms with van der Waals surface area (Å²) in [6.45, 7) is 6.58. The van der Waals surface area contributed by atoms with Crippen molar-refractivity contribution in [2.24, 2.45) is 17.6 Å². The SMILES string of the molecule is CC[C@H](C)[C@H](NC(=O)[C@H](C)NC(=O)[C@H](CC(=O)O)NC(=O)[C@H](CC(=O)O)NC(=O)[C@H](CCC(=O)O)NC(=O)[C@@H](N)CC(C)C)C(=O)N[C@@H](CC(=O)O)C(=O)N[C@@H](CO)C(=O)O. The van der Waals surface area contributed by atoms with Crippen molar-refractivity contribution in [3.05, 3.63) is 0 Å². The van der Waals surface area contributed by atoms with Crippen LogP contribution in [0.1, 0.15) is 79.6 Å². The van der Waals surface area contributed by atoms with E-state index in [4.69, 9.17) is 15.9 Å². The topological polar surface area (TPSA) is 436 Å². The summed E-state index contributed by atoms with van der Waals surface area (Å²) in [5.41, 5.74) is 5.85. The second kappa shape index (κ2) is 26.6. The van der Waals surface area contributed by atoms with E-state index in [1.165, 1.54) is 6.92 Å². The number of aliphatic hydroxyl groups excluding tert-OH is 1. The van der Waals surface area contributed by atoms with Crippen molar-refractivity contribution in [2.75, 3.05) is 6.61 Å². The number of hydrogen-bond acceptors (Lipinski definition) is 14. The number of carbonyl (C=O) groups is 12. The molecule has 9 atom stereocenters. The van der Waals surface area contributed by atoms with Gasteiger partial charge in [0.2, 0.25) is 41.4 Å². The molecule has 0 unspecified atom stereocenters. The lowest BCUT2D eigenvalue weighted by Crippen LogP contribution is -2.61. The van der Waals surface area contributed by atoms with Crippen molar-refractivity contribution in [1.82, 2.24) is 37.2 Å². The third-order valence-corrected chi connectivity index (χ3v) is 8.72. The molecule has 61 heavy (non-hydrogen) atoms. The zero-order valence-electron chi connectivity index (χ0n) is 34.1. The Labute approximate surface area is 348 Å². The minimum atomic E-state index is -2.04. The molecule has 7 amide bonds. The summed E-state index contributed by atoms with van der Waals surface area (Å²) in [6, 6.07) is -13.7. The first-order valence-corrected chi connectivity index (χ1v) is 18.8. The summed E-state index contributed by atoms with van der Waals surface area (Å²) in [4.78, 5) is 149. The minimum Gasteiger partial charge on any atom is -0.481 e. The minimum absolute atomic E-state index is 0.0556. The summed E-state index contributed by atoms with van der Waals surface area (Å²) in [6.07, 6.45) is -4.18. The Morgan fingerprint density at radius 2 is 0.885 bits per heavy atom. The van der Waals surface area contributed by atoms with Crippen molar-refractivity contribution in [3.8, 4) is 0 Å². The molecule has 0 aromatic heterocycles. The summed E-state index contributed by atoms with van der Waals surface area (Å²) in [7, 11) is 0. The molecule has 15 N–H and O–H groups in total. The van der Waals surface area contributed by atoms with Gasteiger partial charge in [-0.1, -0.05) is 34.1 Å². The monoisotopic (exact) mass is 876 g/mol. The number of aliphatic carboxylic acids is 5. The number of nitrogens with one attached hydrogen (secondary N) is 7. The zero-order valence-corrected chi connectivity index (χ0v) is 34.1. The van der Waals surface area contributed by atoms with Gasteiger partial charge in [0.25, 0.3) is 0 Å². The summed E-state index contributed by atoms with van der Waals surface area (Å²) >= 11 is 0. The van der Waals surface area contributed by atoms with Gasteiger partial charge in [-0.2, -0.15) is 0 Å². The summed E-state index contributed by atoms with van der Waals surface area (Å²) < 4.78 is 0. The maximum Gasteiger partial charge on any atom is 0.328 e. The molecule has 0 spiro atoms. The van der Waals surface area contributed by atoms with Gasteiger partial charge < -0.3 is 73.6 Å². The number of nitrogens with two attached hydrogens (primary N) is 1. The molecular weight excluding hydrogens is 820 g/mol. The molecule has 0 saturated carbocycles. The molecule has 26 nitrogen and oxygen atoms in total. The van der Waals surface area contributed by atoms with Gasteiger partial charge in [-0.25, -0.2) is 4.79 Å². The molecule has 0 aliphatic carbocycles. The van der Waals surface area contributed by atoms with Crippen LogP contribution in [0.5, 0.6) is 0 Å². The molecule has 0 heterocycles. The average Bonchev–Trinajstić information content (AvgIpc) is 3.14. The molecule has 0 aliphatic rings. The van der Waals surface area contributed by atoms with Gasteiger partial charge in [-0.15, -0.1) is 0 Å². The van der Waals surface area contributed by atoms with E-state index in [9.17, 15) is 78.0 Å². The van der Waals surface area contributed by atoms with E-state index < -0.39 is 164 Å². The van der Waals surface area contributed by atoms with Crippen LogP contribution >= 0.6 is 0 Å². The summed E-state index contributed by atoms with van der Waals surface area (Å²) in [5.74, 6) is -17.1. The molecule has 0 aromatic carbocycles. The number of aliphatic hydroxyl groups is 1. The predicted octanol–water partition coefficient (Wildman–Crippen LogP) is -4.81. The van der Waals surface area contributed by atoms with Crippen LogP contribution in [0, 0.1) is 11.8 Å². The van der Waals surface area contributed by atoms with Gasteiger partial charge in [0.05, 0.1) is 31.9 Å². The summed E-state index contributed by atoms with van der Waals surface area (Å²) in [5, 5.41) is 70.4. The highest BCUT2D eigenvalue weighted by atomic mass is 16.4. The van der Waals surface area contributed by atoms with E-state index in [0.29, 0.717) is 0 Å². The molecule has 26 heteroatoms. The molecule has 0 radical (unpaired) electrons. The van der Waals surface area contributed by atoms with Crippen molar-refractivity contribution >= 4 is 71.2 Å². The highest BCUT2D eigenvalue weighted by Crippen LogP contribution is 2.11. The van der Waals surface area contributed by atoms with Crippen LogP contribution in [0.3, 0.4) is 0 Å². The Bertz CT molecular complexity index is 1640. The van der Waals surface area contributed by atoms with E-state index in [-0.39, 0.29) is 18.8 Å². The first kappa shape index (κ1) is 54.6. The number of carboxylic acid groups (broad SMARTS) is 5. The lowest BCUT2D eigenvalue weighted by Gasteiger charge is -2.28. The van der Waals surface area contributed by atoms with E-state index in [1.807, 2.05) is 10.6 Å². The molecule has 0 fully saturated rings. The highest BCUT2D eigenvalue weighted by Gasteiger charge is 2.36. The first-order chi connectivity index (χ1) is 28.2. The van der Waals surface area contributed by atoms with Crippen LogP contribution in [0.4, 0.5) is 0 Å². The van der Waals surface area contributed by atoms with Crippen molar-refractivity contribution < 1.29 is 88.2 Å². The Kier molecular flexibility index (Phi) is 23.8. The molecular formula is C35H56N8O18. The maximum atomic E-state index is 13.3. The van der Waals surface area contributed by atoms with Crippen LogP contribution in [0.2, 0.25) is 0 Å². The van der Waals surface area contributed by atoms with Crippen LogP contribution in [0.15, 0.2) is 0 Å². The number of carboxylic acids is 5. The van der Waals surface area contributed by atoms with Crippen LogP contribution < -0.4 is 43.0 Å². The second-order valence-electron chi connectivity index (χ2n) is 14.4. The van der Waals surface area contributed by atoms with Crippen molar-refractivity contribution in [1.29, 1.82) is 0 Å². The van der Waals surface area contributed by atoms with E-state index in [1.54, 1.807) is 20.8 Å². The Hall–Kier alpha value is -6.44.